The number of amides is 1. The second kappa shape index (κ2) is 11.1. The summed E-state index contributed by atoms with van der Waals surface area (Å²) in [4.78, 5) is 16.1. The molecular weight excluding hydrogens is 383 g/mol. The van der Waals surface area contributed by atoms with Crippen LogP contribution in [0.3, 0.4) is 0 Å². The Bertz CT molecular complexity index is 830. The van der Waals surface area contributed by atoms with E-state index in [-0.39, 0.29) is 5.56 Å². The van der Waals surface area contributed by atoms with Gasteiger partial charge in [0.15, 0.2) is 5.96 Å². The Morgan fingerprint density at radius 1 is 1.11 bits per heavy atom. The fourth-order valence-corrected chi connectivity index (χ4v) is 2.76. The van der Waals surface area contributed by atoms with E-state index in [4.69, 9.17) is 16.3 Å². The first-order valence-corrected chi connectivity index (χ1v) is 9.22. The van der Waals surface area contributed by atoms with Crippen molar-refractivity contribution in [1.82, 2.24) is 16.0 Å². The fraction of sp³-hybridized carbons (Fsp3) is 0.300. The second-order valence-corrected chi connectivity index (χ2v) is 6.28. The standard InChI is InChI=1S/C20H24ClFN4O2/c1-23-20(25-10-9-14-7-8-15(28-2)13-17(14)21)26-12-11-24-19(27)16-5-3-4-6-18(16)22/h3-8,13H,9-12H2,1-2H3,(H,24,27)(H2,23,25,26). The lowest BCUT2D eigenvalue weighted by Crippen LogP contribution is -2.42. The number of aliphatic imine (C=N–C) groups is 1. The van der Waals surface area contributed by atoms with E-state index < -0.39 is 11.7 Å². The Morgan fingerprint density at radius 2 is 1.82 bits per heavy atom. The van der Waals surface area contributed by atoms with E-state index in [9.17, 15) is 9.18 Å². The summed E-state index contributed by atoms with van der Waals surface area (Å²) in [6.45, 7) is 1.41. The maximum atomic E-state index is 13.6. The van der Waals surface area contributed by atoms with E-state index >= 15 is 0 Å². The molecule has 0 fully saturated rings. The minimum atomic E-state index is -0.539. The first kappa shape index (κ1) is 21.5. The van der Waals surface area contributed by atoms with Crippen LogP contribution in [0.1, 0.15) is 15.9 Å². The molecule has 2 rings (SSSR count). The van der Waals surface area contributed by atoms with E-state index in [2.05, 4.69) is 20.9 Å². The molecule has 150 valence electrons. The van der Waals surface area contributed by atoms with Gasteiger partial charge < -0.3 is 20.7 Å². The molecule has 0 spiro atoms. The molecule has 0 saturated carbocycles. The number of ether oxygens (including phenoxy) is 1. The zero-order chi connectivity index (χ0) is 20.4. The van der Waals surface area contributed by atoms with Gasteiger partial charge in [-0.1, -0.05) is 29.8 Å². The van der Waals surface area contributed by atoms with Gasteiger partial charge in [-0.25, -0.2) is 4.39 Å². The highest BCUT2D eigenvalue weighted by atomic mass is 35.5. The van der Waals surface area contributed by atoms with Crippen molar-refractivity contribution >= 4 is 23.5 Å². The topological polar surface area (TPSA) is 74.8 Å². The Labute approximate surface area is 169 Å². The van der Waals surface area contributed by atoms with E-state index in [1.807, 2.05) is 12.1 Å². The summed E-state index contributed by atoms with van der Waals surface area (Å²) in [5.41, 5.74) is 1.03. The monoisotopic (exact) mass is 406 g/mol. The number of halogens is 2. The Kier molecular flexibility index (Phi) is 8.55. The molecule has 0 radical (unpaired) electrons. The molecule has 2 aromatic carbocycles. The summed E-state index contributed by atoms with van der Waals surface area (Å²) in [6.07, 6.45) is 0.716. The third-order valence-corrected chi connectivity index (χ3v) is 4.34. The minimum absolute atomic E-state index is 0.0291. The average Bonchev–Trinajstić information content (AvgIpc) is 2.70. The largest absolute Gasteiger partial charge is 0.497 e. The van der Waals surface area contributed by atoms with Gasteiger partial charge in [0.25, 0.3) is 5.91 Å². The molecule has 6 nitrogen and oxygen atoms in total. The highest BCUT2D eigenvalue weighted by Gasteiger charge is 2.09. The summed E-state index contributed by atoms with van der Waals surface area (Å²) >= 11 is 6.23. The number of nitrogens with zero attached hydrogens (tertiary/aromatic N) is 1. The highest BCUT2D eigenvalue weighted by molar-refractivity contribution is 6.31. The van der Waals surface area contributed by atoms with Gasteiger partial charge in [-0.3, -0.25) is 9.79 Å². The normalized spacial score (nSPS) is 11.1. The molecule has 8 heteroatoms. The van der Waals surface area contributed by atoms with E-state index in [0.717, 1.165) is 11.3 Å². The van der Waals surface area contributed by atoms with Crippen molar-refractivity contribution in [1.29, 1.82) is 0 Å². The molecule has 0 aliphatic carbocycles. The minimum Gasteiger partial charge on any atom is -0.497 e. The third kappa shape index (κ3) is 6.42. The molecule has 1 amide bonds. The van der Waals surface area contributed by atoms with Crippen LogP contribution in [0.15, 0.2) is 47.5 Å². The van der Waals surface area contributed by atoms with Crippen LogP contribution < -0.4 is 20.7 Å². The zero-order valence-electron chi connectivity index (χ0n) is 15.9. The third-order valence-electron chi connectivity index (χ3n) is 3.99. The summed E-state index contributed by atoms with van der Waals surface area (Å²) in [5.74, 6) is 0.334. The van der Waals surface area contributed by atoms with Crippen molar-refractivity contribution < 1.29 is 13.9 Å². The highest BCUT2D eigenvalue weighted by Crippen LogP contribution is 2.22. The van der Waals surface area contributed by atoms with Crippen molar-refractivity contribution in [3.63, 3.8) is 0 Å². The van der Waals surface area contributed by atoms with Crippen LogP contribution in [0, 0.1) is 5.82 Å². The van der Waals surface area contributed by atoms with Gasteiger partial charge in [-0.15, -0.1) is 0 Å². The molecule has 0 aliphatic heterocycles. The molecule has 2 aromatic rings. The first-order chi connectivity index (χ1) is 13.5. The number of guanidine groups is 1. The lowest BCUT2D eigenvalue weighted by Gasteiger charge is -2.13. The Morgan fingerprint density at radius 3 is 2.50 bits per heavy atom. The van der Waals surface area contributed by atoms with Crippen LogP contribution in [0.2, 0.25) is 5.02 Å². The quantitative estimate of drug-likeness (QED) is 0.358. The summed E-state index contributed by atoms with van der Waals surface area (Å²) in [6, 6.07) is 11.4. The fourth-order valence-electron chi connectivity index (χ4n) is 2.49. The summed E-state index contributed by atoms with van der Waals surface area (Å²) in [5, 5.41) is 9.59. The Balaban J connectivity index is 1.70. The molecule has 0 heterocycles. The predicted octanol–water partition coefficient (Wildman–Crippen LogP) is 2.63. The maximum absolute atomic E-state index is 13.6. The number of nitrogens with one attached hydrogen (secondary N) is 3. The SMILES string of the molecule is CN=C(NCCNC(=O)c1ccccc1F)NCCc1ccc(OC)cc1Cl. The van der Waals surface area contributed by atoms with Gasteiger partial charge in [0.05, 0.1) is 12.7 Å². The van der Waals surface area contributed by atoms with Gasteiger partial charge in [0.1, 0.15) is 11.6 Å². The van der Waals surface area contributed by atoms with Gasteiger partial charge in [0, 0.05) is 31.7 Å². The van der Waals surface area contributed by atoms with E-state index in [0.29, 0.717) is 37.0 Å². The van der Waals surface area contributed by atoms with Crippen molar-refractivity contribution in [3.05, 3.63) is 64.4 Å². The number of methoxy groups -OCH3 is 1. The number of carbonyl (C=O) groups is 1. The molecule has 0 aliphatic rings. The van der Waals surface area contributed by atoms with Crippen LogP contribution in [-0.2, 0) is 6.42 Å². The number of rotatable bonds is 8. The van der Waals surface area contributed by atoms with Crippen LogP contribution in [-0.4, -0.2) is 45.7 Å². The molecule has 0 atom stereocenters. The number of hydrogen-bond acceptors (Lipinski definition) is 3. The van der Waals surface area contributed by atoms with Gasteiger partial charge in [-0.05, 0) is 36.2 Å². The zero-order valence-corrected chi connectivity index (χ0v) is 16.6. The van der Waals surface area contributed by atoms with Crippen molar-refractivity contribution in [2.24, 2.45) is 4.99 Å². The Hall–Kier alpha value is -2.80. The maximum Gasteiger partial charge on any atom is 0.254 e. The van der Waals surface area contributed by atoms with Crippen molar-refractivity contribution in [3.8, 4) is 5.75 Å². The van der Waals surface area contributed by atoms with Crippen molar-refractivity contribution in [2.45, 2.75) is 6.42 Å². The van der Waals surface area contributed by atoms with Crippen molar-refractivity contribution in [2.75, 3.05) is 33.8 Å². The molecule has 0 bridgehead atoms. The van der Waals surface area contributed by atoms with Gasteiger partial charge in [0.2, 0.25) is 0 Å². The average molecular weight is 407 g/mol. The second-order valence-electron chi connectivity index (χ2n) is 5.87. The molecule has 0 saturated heterocycles. The van der Waals surface area contributed by atoms with Gasteiger partial charge in [-0.2, -0.15) is 0 Å². The van der Waals surface area contributed by atoms with Crippen LogP contribution in [0.25, 0.3) is 0 Å². The van der Waals surface area contributed by atoms with E-state index in [1.54, 1.807) is 32.4 Å². The summed E-state index contributed by atoms with van der Waals surface area (Å²) in [7, 11) is 3.26. The number of benzene rings is 2. The smallest absolute Gasteiger partial charge is 0.254 e. The number of hydrogen-bond donors (Lipinski definition) is 3. The van der Waals surface area contributed by atoms with Crippen LogP contribution in [0.5, 0.6) is 5.75 Å². The molecule has 0 unspecified atom stereocenters. The van der Waals surface area contributed by atoms with Crippen LogP contribution >= 0.6 is 11.6 Å². The molecule has 28 heavy (non-hydrogen) atoms. The first-order valence-electron chi connectivity index (χ1n) is 8.84. The molecule has 3 N–H and O–H groups in total. The van der Waals surface area contributed by atoms with Crippen LogP contribution in [0.4, 0.5) is 4.39 Å². The summed E-state index contributed by atoms with van der Waals surface area (Å²) < 4.78 is 18.7. The lowest BCUT2D eigenvalue weighted by molar-refractivity contribution is 0.0950. The lowest BCUT2D eigenvalue weighted by atomic mass is 10.1. The molecular formula is C20H24ClFN4O2. The van der Waals surface area contributed by atoms with Gasteiger partial charge >= 0.3 is 0 Å². The van der Waals surface area contributed by atoms with E-state index in [1.165, 1.54) is 12.1 Å². The predicted molar refractivity (Wildman–Crippen MR) is 110 cm³/mol. The number of carbonyl (C=O) groups excluding carboxylic acids is 1. The molecule has 0 aromatic heterocycles.